The van der Waals surface area contributed by atoms with E-state index in [1.807, 2.05) is 6.20 Å². The molecule has 0 fully saturated rings. The van der Waals surface area contributed by atoms with Crippen LogP contribution in [0.1, 0.15) is 132 Å². The zero-order chi connectivity index (χ0) is 57.6. The zero-order valence-electron chi connectivity index (χ0n) is 49.9. The van der Waals surface area contributed by atoms with Gasteiger partial charge in [0, 0.05) is 17.4 Å². The fourth-order valence-corrected chi connectivity index (χ4v) is 12.2. The molecule has 0 saturated heterocycles. The topological polar surface area (TPSA) is 38.5 Å². The molecule has 2 aromatic heterocycles. The molecule has 0 unspecified atom stereocenters. The van der Waals surface area contributed by atoms with Crippen molar-refractivity contribution in [3.05, 3.63) is 226 Å². The monoisotopic (exact) mass is 1250 g/mol. The molecule has 0 radical (unpaired) electrons. The summed E-state index contributed by atoms with van der Waals surface area (Å²) >= 11 is 2.52. The van der Waals surface area contributed by atoms with Crippen molar-refractivity contribution in [1.82, 2.24) is 14.1 Å². The molecule has 8 aromatic carbocycles. The Hall–Kier alpha value is -7.53. The van der Waals surface area contributed by atoms with Crippen molar-refractivity contribution in [2.75, 3.05) is 9.80 Å². The summed E-state index contributed by atoms with van der Waals surface area (Å²) in [7, 11) is 0. The molecule has 1 aliphatic rings. The third-order valence-corrected chi connectivity index (χ3v) is 16.9. The molecule has 0 saturated carbocycles. The number of anilines is 6. The number of aromatic nitrogens is 3. The Morgan fingerprint density at radius 2 is 0.790 bits per heavy atom. The second kappa shape index (κ2) is 20.5. The molecule has 0 atom stereocenters. The number of para-hydroxylation sites is 4. The van der Waals surface area contributed by atoms with Crippen LogP contribution in [0.3, 0.4) is 0 Å². The Balaban J connectivity index is 1.15. The molecular weight excluding hydrogens is 1170 g/mol. The molecule has 81 heavy (non-hydrogen) atoms. The average molecular weight is 1250 g/mol. The van der Waals surface area contributed by atoms with E-state index in [1.54, 1.807) is 0 Å². The van der Waals surface area contributed by atoms with Crippen LogP contribution in [0.15, 0.2) is 194 Å². The predicted molar refractivity (Wildman–Crippen MR) is 337 cm³/mol. The van der Waals surface area contributed by atoms with Crippen LogP contribution in [0.4, 0.5) is 34.3 Å². The van der Waals surface area contributed by atoms with Crippen molar-refractivity contribution in [3.8, 4) is 45.1 Å². The second-order valence-corrected chi connectivity index (χ2v) is 28.1. The van der Waals surface area contributed by atoms with E-state index in [0.29, 0.717) is 5.75 Å². The zero-order valence-corrected chi connectivity index (χ0v) is 52.2. The van der Waals surface area contributed by atoms with Crippen molar-refractivity contribution in [1.29, 1.82) is 0 Å². The van der Waals surface area contributed by atoms with Crippen LogP contribution in [-0.2, 0) is 46.4 Å². The summed E-state index contributed by atoms with van der Waals surface area (Å²) in [6.07, 6.45) is 1.97. The number of pyridine rings is 1. The number of hydrogen-bond donors (Lipinski definition) is 0. The van der Waals surface area contributed by atoms with Gasteiger partial charge in [0.15, 0.2) is 0 Å². The summed E-state index contributed by atoms with van der Waals surface area (Å²) in [6, 6.07) is 69.3. The van der Waals surface area contributed by atoms with Gasteiger partial charge in [0.2, 0.25) is 0 Å². The first-order valence-electron chi connectivity index (χ1n) is 28.5. The normalized spacial score (nSPS) is 13.1. The molecular formula is C74H77N5OPt. The SMILES string of the molecule is CC(C)(C)c1cc(-n2[c](=[Pt])n(-c3cccc(Oc4ccc5c(c4)N(c4cc(C(C)(C)C)ccn4)c4ccccc4-c4ccc(C(C)(C)C)cc4N(c4ccccc4)c4cc(C(C)(C)C)ccc4-5)c3)c3ccccc32)cc(C(C)(C)C)c1. The Morgan fingerprint density at radius 1 is 0.333 bits per heavy atom. The van der Waals surface area contributed by atoms with Crippen molar-refractivity contribution >= 4 is 45.3 Å². The van der Waals surface area contributed by atoms with Gasteiger partial charge in [-0.05, 0) is 63.3 Å². The fourth-order valence-electron chi connectivity index (χ4n) is 11.1. The number of benzene rings is 8. The average Bonchev–Trinajstić information content (AvgIpc) is 3.20. The van der Waals surface area contributed by atoms with Gasteiger partial charge in [0.05, 0.1) is 5.69 Å². The van der Waals surface area contributed by atoms with Crippen molar-refractivity contribution in [3.63, 3.8) is 0 Å². The first-order chi connectivity index (χ1) is 38.2. The van der Waals surface area contributed by atoms with Gasteiger partial charge in [0.25, 0.3) is 0 Å². The van der Waals surface area contributed by atoms with Crippen LogP contribution in [0, 0.1) is 3.80 Å². The molecule has 1 aliphatic heterocycles. The molecule has 6 nitrogen and oxygen atoms in total. The van der Waals surface area contributed by atoms with Gasteiger partial charge < -0.3 is 4.90 Å². The molecule has 7 heteroatoms. The summed E-state index contributed by atoms with van der Waals surface area (Å²) in [5, 5.41) is 0. The van der Waals surface area contributed by atoms with Crippen LogP contribution in [0.2, 0.25) is 0 Å². The Bertz CT molecular complexity index is 4060. The van der Waals surface area contributed by atoms with Gasteiger partial charge in [-0.1, -0.05) is 117 Å². The second-order valence-electron chi connectivity index (χ2n) is 27.1. The molecule has 0 bridgehead atoms. The van der Waals surface area contributed by atoms with Crippen molar-refractivity contribution in [2.24, 2.45) is 0 Å². The van der Waals surface area contributed by atoms with E-state index in [0.717, 1.165) is 88.5 Å². The minimum absolute atomic E-state index is 0.0310. The number of hydrogen-bond acceptors (Lipinski definition) is 4. The number of imidazole rings is 1. The number of fused-ring (bicyclic) bond motifs is 7. The third kappa shape index (κ3) is 10.7. The van der Waals surface area contributed by atoms with E-state index < -0.39 is 0 Å². The van der Waals surface area contributed by atoms with Gasteiger partial charge in [-0.25, -0.2) is 0 Å². The van der Waals surface area contributed by atoms with Gasteiger partial charge in [-0.15, -0.1) is 0 Å². The van der Waals surface area contributed by atoms with E-state index in [4.69, 9.17) is 9.72 Å². The molecule has 3 heterocycles. The van der Waals surface area contributed by atoms with E-state index in [1.165, 1.54) is 27.8 Å². The number of nitrogens with zero attached hydrogens (tertiary/aromatic N) is 5. The predicted octanol–water partition coefficient (Wildman–Crippen LogP) is 20.8. The Labute approximate surface area is 492 Å². The molecule has 0 spiro atoms. The Morgan fingerprint density at radius 3 is 1.36 bits per heavy atom. The van der Waals surface area contributed by atoms with Gasteiger partial charge >= 0.3 is 287 Å². The third-order valence-electron chi connectivity index (χ3n) is 15.9. The molecule has 10 aromatic rings. The van der Waals surface area contributed by atoms with Gasteiger partial charge in [-0.3, -0.25) is 0 Å². The van der Waals surface area contributed by atoms with Crippen LogP contribution in [0.25, 0.3) is 44.7 Å². The number of ether oxygens (including phenoxy) is 1. The van der Waals surface area contributed by atoms with E-state index in [2.05, 4.69) is 330 Å². The quantitative estimate of drug-likeness (QED) is 0.166. The van der Waals surface area contributed by atoms with Gasteiger partial charge in [0.1, 0.15) is 0 Å². The van der Waals surface area contributed by atoms with Gasteiger partial charge in [-0.2, -0.15) is 0 Å². The van der Waals surface area contributed by atoms with Crippen LogP contribution in [-0.4, -0.2) is 14.1 Å². The van der Waals surface area contributed by atoms with Crippen LogP contribution in [0.5, 0.6) is 11.5 Å². The summed E-state index contributed by atoms with van der Waals surface area (Å²) in [6.45, 7) is 34.4. The molecule has 11 rings (SSSR count). The first-order valence-corrected chi connectivity index (χ1v) is 29.6. The van der Waals surface area contributed by atoms with E-state index in [-0.39, 0.29) is 27.1 Å². The summed E-state index contributed by atoms with van der Waals surface area (Å²) in [5.74, 6) is 2.25. The van der Waals surface area contributed by atoms with E-state index >= 15 is 0 Å². The summed E-state index contributed by atoms with van der Waals surface area (Å²) in [5.41, 5.74) is 19.9. The standard InChI is InChI=1S/C74H77N5O.Pt/c1-70(2,3)49-32-35-60-59-28-19-20-29-63(59)79(69-45-51(38-39-75-69)72(7,8)9)68-47-58(34-37-62(68)61-36-33-50(71(4,5)6)44-67(61)78(66(60)43-49)54-24-17-16-18-25-54)80-57-27-23-26-55(46-57)76-48-77(65-31-22-21-30-64(65)76)56-41-52(73(10,11)12)40-53(42-56)74(13,14)15;/h16-47H,1-15H3;. The fraction of sp³-hybridized carbons (Fsp3) is 0.270. The Kier molecular flexibility index (Phi) is 14.0. The summed E-state index contributed by atoms with van der Waals surface area (Å²) in [4.78, 5) is 10.2. The maximum absolute atomic E-state index is 7.20. The molecule has 414 valence electrons. The van der Waals surface area contributed by atoms with Crippen molar-refractivity contribution < 1.29 is 24.1 Å². The minimum atomic E-state index is -0.136. The first kappa shape index (κ1) is 55.4. The maximum atomic E-state index is 7.20. The molecule has 0 aliphatic carbocycles. The van der Waals surface area contributed by atoms with Crippen LogP contribution >= 0.6 is 0 Å². The summed E-state index contributed by atoms with van der Waals surface area (Å²) < 4.78 is 13.0. The molecule has 0 amide bonds. The number of rotatable bonds is 6. The molecule has 0 N–H and O–H groups in total. The van der Waals surface area contributed by atoms with E-state index in [9.17, 15) is 0 Å². The van der Waals surface area contributed by atoms with Crippen molar-refractivity contribution in [2.45, 2.75) is 131 Å². The van der Waals surface area contributed by atoms with Crippen LogP contribution < -0.4 is 14.5 Å².